The third-order valence-corrected chi connectivity index (χ3v) is 5.80. The monoisotopic (exact) mass is 423 g/mol. The molecule has 1 amide bonds. The van der Waals surface area contributed by atoms with Crippen LogP contribution in [0.5, 0.6) is 0 Å². The second-order valence-electron chi connectivity index (χ2n) is 6.91. The summed E-state index contributed by atoms with van der Waals surface area (Å²) in [6.45, 7) is 5.94. The first-order valence-electron chi connectivity index (χ1n) is 9.34. The van der Waals surface area contributed by atoms with Gasteiger partial charge in [-0.25, -0.2) is 9.18 Å². The smallest absolute Gasteiger partial charge is 0.341 e. The lowest BCUT2D eigenvalue weighted by Gasteiger charge is -2.09. The van der Waals surface area contributed by atoms with E-state index in [4.69, 9.17) is 4.74 Å². The number of rotatable bonds is 5. The van der Waals surface area contributed by atoms with E-state index in [1.807, 2.05) is 39.0 Å². The van der Waals surface area contributed by atoms with Crippen LogP contribution in [-0.2, 0) is 9.53 Å². The van der Waals surface area contributed by atoms with Crippen molar-refractivity contribution in [2.45, 2.75) is 20.8 Å². The first kappa shape index (κ1) is 21.5. The number of thiophene rings is 1. The van der Waals surface area contributed by atoms with Crippen LogP contribution < -0.4 is 5.32 Å². The Morgan fingerprint density at radius 3 is 2.50 bits per heavy atom. The van der Waals surface area contributed by atoms with Crippen LogP contribution in [0, 0.1) is 26.6 Å². The molecule has 0 spiro atoms. The minimum Gasteiger partial charge on any atom is -0.465 e. The van der Waals surface area contributed by atoms with E-state index in [-0.39, 0.29) is 5.82 Å². The fourth-order valence-corrected chi connectivity index (χ4v) is 4.18. The summed E-state index contributed by atoms with van der Waals surface area (Å²) in [7, 11) is 1.31. The summed E-state index contributed by atoms with van der Waals surface area (Å²) in [5.74, 6) is -1.31. The molecule has 3 rings (SSSR count). The molecule has 0 fully saturated rings. The first-order valence-corrected chi connectivity index (χ1v) is 10.2. The molecule has 30 heavy (non-hydrogen) atoms. The van der Waals surface area contributed by atoms with Gasteiger partial charge in [-0.1, -0.05) is 30.3 Å². The molecule has 2 aromatic carbocycles. The fourth-order valence-electron chi connectivity index (χ4n) is 3.11. The Morgan fingerprint density at radius 2 is 1.83 bits per heavy atom. The van der Waals surface area contributed by atoms with Crippen LogP contribution >= 0.6 is 11.3 Å². The number of methoxy groups -OCH3 is 1. The Hall–Kier alpha value is -3.25. The lowest BCUT2D eigenvalue weighted by Crippen LogP contribution is -2.11. The molecule has 1 N–H and O–H groups in total. The number of nitrogens with one attached hydrogen (secondary N) is 1. The second-order valence-corrected chi connectivity index (χ2v) is 8.13. The highest BCUT2D eigenvalue weighted by Crippen LogP contribution is 2.40. The number of hydrogen-bond acceptors (Lipinski definition) is 4. The van der Waals surface area contributed by atoms with E-state index in [2.05, 4.69) is 5.32 Å². The van der Waals surface area contributed by atoms with Crippen LogP contribution in [0.25, 0.3) is 17.2 Å². The fraction of sp³-hybridized carbons (Fsp3) is 0.167. The lowest BCUT2D eigenvalue weighted by molar-refractivity contribution is -0.111. The maximum Gasteiger partial charge on any atom is 0.341 e. The number of anilines is 1. The maximum absolute atomic E-state index is 13.3. The molecule has 0 saturated heterocycles. The molecule has 0 atom stereocenters. The van der Waals surface area contributed by atoms with Gasteiger partial charge < -0.3 is 10.1 Å². The van der Waals surface area contributed by atoms with Crippen molar-refractivity contribution in [3.8, 4) is 11.1 Å². The van der Waals surface area contributed by atoms with Crippen LogP contribution in [-0.4, -0.2) is 19.0 Å². The molecular weight excluding hydrogens is 401 g/mol. The van der Waals surface area contributed by atoms with Crippen LogP contribution in [0.15, 0.2) is 48.5 Å². The topological polar surface area (TPSA) is 55.4 Å². The van der Waals surface area contributed by atoms with E-state index in [9.17, 15) is 14.0 Å². The first-order chi connectivity index (χ1) is 14.3. The Bertz CT molecular complexity index is 1150. The van der Waals surface area contributed by atoms with Crippen molar-refractivity contribution in [3.63, 3.8) is 0 Å². The Kier molecular flexibility index (Phi) is 6.47. The third kappa shape index (κ3) is 4.66. The summed E-state index contributed by atoms with van der Waals surface area (Å²) < 4.78 is 18.3. The Labute approximate surface area is 179 Å². The van der Waals surface area contributed by atoms with Crippen molar-refractivity contribution in [2.75, 3.05) is 12.4 Å². The average Bonchev–Trinajstić information content (AvgIpc) is 3.03. The summed E-state index contributed by atoms with van der Waals surface area (Å²) in [6.07, 6.45) is 2.82. The molecule has 3 aromatic rings. The standard InChI is InChI=1S/C24H22FNO3S/c1-14-8-10-18(12-15(14)2)21-16(3)30-23(22(21)24(28)29-4)26-20(27)11-9-17-6-5-7-19(25)13-17/h5-13H,1-4H3,(H,26,27)/b11-9+. The molecule has 0 unspecified atom stereocenters. The number of halogens is 1. The predicted octanol–water partition coefficient (Wildman–Crippen LogP) is 5.92. The quantitative estimate of drug-likeness (QED) is 0.409. The van der Waals surface area contributed by atoms with Gasteiger partial charge in [-0.3, -0.25) is 4.79 Å². The molecule has 1 aromatic heterocycles. The van der Waals surface area contributed by atoms with Gasteiger partial charge in [0.25, 0.3) is 0 Å². The molecule has 0 aliphatic rings. The summed E-state index contributed by atoms with van der Waals surface area (Å²) in [6, 6.07) is 11.9. The van der Waals surface area contributed by atoms with Gasteiger partial charge in [0.2, 0.25) is 5.91 Å². The third-order valence-electron chi connectivity index (χ3n) is 4.78. The van der Waals surface area contributed by atoms with E-state index in [1.165, 1.54) is 42.7 Å². The number of hydrogen-bond donors (Lipinski definition) is 1. The van der Waals surface area contributed by atoms with Crippen LogP contribution in [0.1, 0.15) is 31.9 Å². The molecule has 1 heterocycles. The van der Waals surface area contributed by atoms with Crippen molar-refractivity contribution in [3.05, 3.63) is 81.5 Å². The largest absolute Gasteiger partial charge is 0.465 e. The van der Waals surface area contributed by atoms with E-state index in [1.54, 1.807) is 12.1 Å². The van der Waals surface area contributed by atoms with Gasteiger partial charge in [-0.05, 0) is 61.2 Å². The summed E-state index contributed by atoms with van der Waals surface area (Å²) >= 11 is 1.32. The number of ether oxygens (including phenoxy) is 1. The molecule has 154 valence electrons. The Balaban J connectivity index is 1.95. The van der Waals surface area contributed by atoms with Gasteiger partial charge in [0.05, 0.1) is 7.11 Å². The molecule has 0 aliphatic heterocycles. The number of esters is 1. The predicted molar refractivity (Wildman–Crippen MR) is 119 cm³/mol. The van der Waals surface area contributed by atoms with Crippen molar-refractivity contribution in [1.29, 1.82) is 0 Å². The Morgan fingerprint density at radius 1 is 1.07 bits per heavy atom. The van der Waals surface area contributed by atoms with Crippen molar-refractivity contribution < 1.29 is 18.7 Å². The van der Waals surface area contributed by atoms with E-state index >= 15 is 0 Å². The normalized spacial score (nSPS) is 11.0. The second kappa shape index (κ2) is 9.05. The highest BCUT2D eigenvalue weighted by molar-refractivity contribution is 7.17. The SMILES string of the molecule is COC(=O)c1c(NC(=O)/C=C/c2cccc(F)c2)sc(C)c1-c1ccc(C)c(C)c1. The molecule has 0 bridgehead atoms. The molecular formula is C24H22FNO3S. The lowest BCUT2D eigenvalue weighted by atomic mass is 9.97. The number of aryl methyl sites for hydroxylation is 3. The van der Waals surface area contributed by atoms with Crippen LogP contribution in [0.2, 0.25) is 0 Å². The molecule has 0 radical (unpaired) electrons. The van der Waals surface area contributed by atoms with Gasteiger partial charge in [0.1, 0.15) is 16.4 Å². The minimum absolute atomic E-state index is 0.329. The molecule has 4 nitrogen and oxygen atoms in total. The molecule has 0 aliphatic carbocycles. The highest BCUT2D eigenvalue weighted by Gasteiger charge is 2.25. The van der Waals surface area contributed by atoms with Gasteiger partial charge in [-0.15, -0.1) is 11.3 Å². The van der Waals surface area contributed by atoms with Crippen LogP contribution in [0.4, 0.5) is 9.39 Å². The zero-order chi connectivity index (χ0) is 21.8. The zero-order valence-corrected chi connectivity index (χ0v) is 18.0. The van der Waals surface area contributed by atoms with Gasteiger partial charge in [0, 0.05) is 16.5 Å². The molecule has 0 saturated carbocycles. The van der Waals surface area contributed by atoms with Crippen molar-refractivity contribution in [2.24, 2.45) is 0 Å². The van der Waals surface area contributed by atoms with Gasteiger partial charge in [0.15, 0.2) is 0 Å². The minimum atomic E-state index is -0.517. The number of carbonyl (C=O) groups is 2. The van der Waals surface area contributed by atoms with Gasteiger partial charge in [-0.2, -0.15) is 0 Å². The van der Waals surface area contributed by atoms with Crippen molar-refractivity contribution >= 4 is 34.3 Å². The van der Waals surface area contributed by atoms with Crippen molar-refractivity contribution in [1.82, 2.24) is 0 Å². The van der Waals surface area contributed by atoms with Crippen LogP contribution in [0.3, 0.4) is 0 Å². The summed E-state index contributed by atoms with van der Waals surface area (Å²) in [5.41, 5.74) is 4.80. The maximum atomic E-state index is 13.3. The number of benzene rings is 2. The highest BCUT2D eigenvalue weighted by atomic mass is 32.1. The summed E-state index contributed by atoms with van der Waals surface area (Å²) in [4.78, 5) is 25.9. The number of amides is 1. The summed E-state index contributed by atoms with van der Waals surface area (Å²) in [5, 5.41) is 3.18. The molecule has 6 heteroatoms. The van der Waals surface area contributed by atoms with Gasteiger partial charge >= 0.3 is 5.97 Å². The van der Waals surface area contributed by atoms with E-state index < -0.39 is 11.9 Å². The average molecular weight is 424 g/mol. The zero-order valence-electron chi connectivity index (χ0n) is 17.2. The van der Waals surface area contributed by atoms with E-state index in [0.29, 0.717) is 16.1 Å². The number of carbonyl (C=O) groups excluding carboxylic acids is 2. The van der Waals surface area contributed by atoms with E-state index in [0.717, 1.165) is 27.1 Å².